The Kier molecular flexibility index (Phi) is 10.9. The number of ketones is 1. The molecule has 0 aliphatic carbocycles. The van der Waals surface area contributed by atoms with Gasteiger partial charge in [-0.05, 0) is 24.5 Å². The average Bonchev–Trinajstić information content (AvgIpc) is 3.28. The molecule has 1 saturated heterocycles. The number of carboxylic acid groups (broad SMARTS) is 1. The SMILES string of the molecule is CCOc1cc2n(CC(=O)c3cc(N4CCOCC4)c(OC)c(C(C)(C)C)c3)nc(N)[n+]2cc1C(=O)NC.O=C([O-])C(F)(F)F. The van der Waals surface area contributed by atoms with Gasteiger partial charge < -0.3 is 40.1 Å². The van der Waals surface area contributed by atoms with E-state index in [9.17, 15) is 22.8 Å². The summed E-state index contributed by atoms with van der Waals surface area (Å²) in [5.74, 6) is -2.15. The molecule has 13 nitrogen and oxygen atoms in total. The maximum atomic E-state index is 13.7. The molecule has 0 saturated carbocycles. The van der Waals surface area contributed by atoms with Gasteiger partial charge in [0.1, 0.15) is 23.0 Å². The summed E-state index contributed by atoms with van der Waals surface area (Å²) < 4.78 is 51.8. The Labute approximate surface area is 257 Å². The molecule has 0 spiro atoms. The van der Waals surface area contributed by atoms with Crippen LogP contribution in [0.25, 0.3) is 5.65 Å². The summed E-state index contributed by atoms with van der Waals surface area (Å²) in [6.45, 7) is 11.1. The molecule has 0 radical (unpaired) electrons. The maximum Gasteiger partial charge on any atom is 0.430 e. The number of rotatable bonds is 8. The van der Waals surface area contributed by atoms with Gasteiger partial charge in [0.05, 0.1) is 38.8 Å². The van der Waals surface area contributed by atoms with Crippen molar-refractivity contribution >= 4 is 34.9 Å². The van der Waals surface area contributed by atoms with E-state index in [-0.39, 0.29) is 29.6 Å². The first-order valence-corrected chi connectivity index (χ1v) is 14.0. The van der Waals surface area contributed by atoms with Gasteiger partial charge in [-0.1, -0.05) is 20.8 Å². The Morgan fingerprint density at radius 3 is 2.29 bits per heavy atom. The largest absolute Gasteiger partial charge is 0.542 e. The number of nitrogens with two attached hydrogens (primary N) is 1. The number of carboxylic acids is 1. The molecular weight excluding hydrogens is 601 g/mol. The minimum atomic E-state index is -5.19. The molecule has 4 rings (SSSR count). The number of alkyl halides is 3. The van der Waals surface area contributed by atoms with Crippen LogP contribution in [0.3, 0.4) is 0 Å². The number of nitrogens with zero attached hydrogens (tertiary/aromatic N) is 4. The van der Waals surface area contributed by atoms with Crippen LogP contribution in [0.15, 0.2) is 24.4 Å². The Morgan fingerprint density at radius 1 is 1.16 bits per heavy atom. The zero-order chi connectivity index (χ0) is 33.7. The third-order valence-electron chi connectivity index (χ3n) is 6.82. The molecule has 0 bridgehead atoms. The summed E-state index contributed by atoms with van der Waals surface area (Å²) in [7, 11) is 3.21. The third-order valence-corrected chi connectivity index (χ3v) is 6.82. The number of pyridine rings is 1. The van der Waals surface area contributed by atoms with Crippen molar-refractivity contribution < 1.29 is 51.3 Å². The van der Waals surface area contributed by atoms with Crippen LogP contribution in [0.2, 0.25) is 0 Å². The van der Waals surface area contributed by atoms with E-state index >= 15 is 0 Å². The van der Waals surface area contributed by atoms with Crippen LogP contribution in [-0.2, 0) is 21.5 Å². The highest BCUT2D eigenvalue weighted by Crippen LogP contribution is 2.40. The first kappa shape index (κ1) is 34.9. The van der Waals surface area contributed by atoms with E-state index in [1.165, 1.54) is 4.68 Å². The molecule has 1 aromatic carbocycles. The van der Waals surface area contributed by atoms with Gasteiger partial charge in [0.2, 0.25) is 5.65 Å². The molecule has 16 heteroatoms. The average molecular weight is 639 g/mol. The smallest absolute Gasteiger partial charge is 0.430 e. The highest BCUT2D eigenvalue weighted by atomic mass is 19.4. The molecule has 0 atom stereocenters. The second-order valence-electron chi connectivity index (χ2n) is 10.9. The van der Waals surface area contributed by atoms with Crippen LogP contribution in [0, 0.1) is 0 Å². The molecule has 3 N–H and O–H groups in total. The number of halogens is 3. The number of hydrogen-bond acceptors (Lipinski definition) is 10. The number of amides is 1. The lowest BCUT2D eigenvalue weighted by Crippen LogP contribution is -2.37. The van der Waals surface area contributed by atoms with Crippen molar-refractivity contribution in [3.05, 3.63) is 41.1 Å². The number of fused-ring (bicyclic) bond motifs is 1. The van der Waals surface area contributed by atoms with Gasteiger partial charge in [-0.25, -0.2) is 0 Å². The van der Waals surface area contributed by atoms with Crippen LogP contribution >= 0.6 is 0 Å². The lowest BCUT2D eigenvalue weighted by molar-refractivity contribution is -0.496. The number of benzene rings is 1. The predicted molar refractivity (Wildman–Crippen MR) is 154 cm³/mol. The van der Waals surface area contributed by atoms with Gasteiger partial charge in [0, 0.05) is 42.4 Å². The van der Waals surface area contributed by atoms with Gasteiger partial charge in [0.25, 0.3) is 5.91 Å². The fourth-order valence-electron chi connectivity index (χ4n) is 4.64. The number of methoxy groups -OCH3 is 1. The zero-order valence-corrected chi connectivity index (χ0v) is 25.9. The fourth-order valence-corrected chi connectivity index (χ4v) is 4.64. The minimum Gasteiger partial charge on any atom is -0.542 e. The van der Waals surface area contributed by atoms with E-state index in [4.69, 9.17) is 29.8 Å². The summed E-state index contributed by atoms with van der Waals surface area (Å²) in [6.07, 6.45) is -3.62. The summed E-state index contributed by atoms with van der Waals surface area (Å²) in [4.78, 5) is 37.1. The number of nitrogen functional groups attached to an aromatic ring is 1. The molecule has 1 amide bonds. The molecule has 1 fully saturated rings. The number of aliphatic carboxylic acids is 1. The Hall–Kier alpha value is -4.60. The summed E-state index contributed by atoms with van der Waals surface area (Å²) >= 11 is 0. The Morgan fingerprint density at radius 2 is 1.78 bits per heavy atom. The van der Waals surface area contributed by atoms with Gasteiger partial charge in [-0.2, -0.15) is 17.6 Å². The molecule has 3 heterocycles. The zero-order valence-electron chi connectivity index (χ0n) is 25.9. The van der Waals surface area contributed by atoms with Crippen molar-refractivity contribution in [3.63, 3.8) is 0 Å². The quantitative estimate of drug-likeness (QED) is 0.271. The minimum absolute atomic E-state index is 0.0515. The Bertz CT molecular complexity index is 1560. The monoisotopic (exact) mass is 638 g/mol. The summed E-state index contributed by atoms with van der Waals surface area (Å²) in [5, 5.41) is 15.8. The molecule has 45 heavy (non-hydrogen) atoms. The lowest BCUT2D eigenvalue weighted by Gasteiger charge is -2.33. The van der Waals surface area contributed by atoms with E-state index in [0.29, 0.717) is 55.4 Å². The van der Waals surface area contributed by atoms with Crippen LogP contribution in [0.4, 0.5) is 24.8 Å². The maximum absolute atomic E-state index is 13.7. The third kappa shape index (κ3) is 8.12. The first-order chi connectivity index (χ1) is 21.0. The van der Waals surface area contributed by atoms with Crippen molar-refractivity contribution in [3.8, 4) is 11.5 Å². The number of Topliss-reactive ketones (excluding diaryl/α,β-unsaturated/α-hetero) is 1. The predicted octanol–water partition coefficient (Wildman–Crippen LogP) is 1.29. The number of carbonyl (C=O) groups is 3. The highest BCUT2D eigenvalue weighted by Gasteiger charge is 2.30. The number of ether oxygens (including phenoxy) is 3. The van der Waals surface area contributed by atoms with Crippen molar-refractivity contribution in [2.45, 2.75) is 45.8 Å². The van der Waals surface area contributed by atoms with Crippen LogP contribution in [-0.4, -0.2) is 80.7 Å². The number of hydrogen-bond donors (Lipinski definition) is 2. The van der Waals surface area contributed by atoms with Crippen molar-refractivity contribution in [1.29, 1.82) is 0 Å². The van der Waals surface area contributed by atoms with E-state index in [0.717, 1.165) is 17.0 Å². The van der Waals surface area contributed by atoms with Crippen LogP contribution in [0.1, 0.15) is 54.0 Å². The van der Waals surface area contributed by atoms with Crippen LogP contribution in [0.5, 0.6) is 11.5 Å². The number of aromatic nitrogens is 3. The molecule has 1 aliphatic rings. The van der Waals surface area contributed by atoms with Gasteiger partial charge >= 0.3 is 12.1 Å². The van der Waals surface area contributed by atoms with Crippen molar-refractivity contribution in [1.82, 2.24) is 15.1 Å². The van der Waals surface area contributed by atoms with E-state index < -0.39 is 12.1 Å². The summed E-state index contributed by atoms with van der Waals surface area (Å²) in [5.41, 5.74) is 9.15. The number of nitrogens with one attached hydrogen (secondary N) is 1. The molecule has 2 aromatic heterocycles. The van der Waals surface area contributed by atoms with Crippen molar-refractivity contribution in [2.75, 3.05) is 57.7 Å². The van der Waals surface area contributed by atoms with Gasteiger partial charge in [0.15, 0.2) is 12.3 Å². The van der Waals surface area contributed by atoms with E-state index in [2.05, 4.69) is 36.1 Å². The topological polar surface area (TPSA) is 165 Å². The fraction of sp³-hybridized carbons (Fsp3) is 0.483. The number of anilines is 2. The second-order valence-corrected chi connectivity index (χ2v) is 10.9. The molecule has 1 aliphatic heterocycles. The first-order valence-electron chi connectivity index (χ1n) is 14.0. The highest BCUT2D eigenvalue weighted by molar-refractivity contribution is 5.98. The van der Waals surface area contributed by atoms with E-state index in [1.807, 2.05) is 19.1 Å². The molecular formula is C29H37F3N6O7. The normalized spacial score (nSPS) is 13.6. The second kappa shape index (κ2) is 14.0. The number of morpholine rings is 1. The Balaban J connectivity index is 0.000000707. The van der Waals surface area contributed by atoms with E-state index in [1.54, 1.807) is 30.8 Å². The standard InChI is InChI=1S/C27H36N6O5.C2HF3O2/c1-7-38-22-14-23-32(15-18(22)25(35)29-5)26(28)30-33(23)16-21(34)17-12-19(27(2,3)4)24(36-6)20(13-17)31-8-10-37-11-9-31;3-2(4,5)1(6)7/h12-15H,7-11,16H2,1-6H3,(H2-,28,29,30,35);(H,6,7). The molecule has 3 aromatic rings. The lowest BCUT2D eigenvalue weighted by atomic mass is 9.84. The van der Waals surface area contributed by atoms with Gasteiger partial charge in [-0.3, -0.25) is 9.59 Å². The van der Waals surface area contributed by atoms with Gasteiger partial charge in [-0.15, -0.1) is 4.68 Å². The van der Waals surface area contributed by atoms with Crippen molar-refractivity contribution in [2.24, 2.45) is 0 Å². The number of carbonyl (C=O) groups excluding carboxylic acids is 3. The summed E-state index contributed by atoms with van der Waals surface area (Å²) in [6, 6.07) is 5.47. The molecule has 0 unspecified atom stereocenters. The molecule has 246 valence electrons. The van der Waals surface area contributed by atoms with Crippen LogP contribution < -0.4 is 34.9 Å².